The largest absolute Gasteiger partial charge is 0.384 e. The lowest BCUT2D eigenvalue weighted by atomic mass is 10.1. The second-order valence-electron chi connectivity index (χ2n) is 2.67. The third-order valence-electron chi connectivity index (χ3n) is 1.16. The van der Waals surface area contributed by atoms with Gasteiger partial charge >= 0.3 is 0 Å². The van der Waals surface area contributed by atoms with Crippen LogP contribution >= 0.6 is 11.6 Å². The molecule has 0 aliphatic carbocycles. The van der Waals surface area contributed by atoms with Gasteiger partial charge in [0.05, 0.1) is 11.9 Å². The Balaban J connectivity index is 3.06. The van der Waals surface area contributed by atoms with E-state index in [1.807, 2.05) is 0 Å². The van der Waals surface area contributed by atoms with Crippen molar-refractivity contribution in [2.75, 3.05) is 0 Å². The zero-order chi connectivity index (χ0) is 8.48. The van der Waals surface area contributed by atoms with Crippen molar-refractivity contribution in [3.05, 3.63) is 17.2 Å². The highest BCUT2D eigenvalue weighted by atomic mass is 35.5. The second kappa shape index (κ2) is 2.71. The van der Waals surface area contributed by atoms with Gasteiger partial charge in [0.2, 0.25) is 5.28 Å². The van der Waals surface area contributed by atoms with Crippen LogP contribution in [-0.2, 0) is 5.60 Å². The van der Waals surface area contributed by atoms with Crippen LogP contribution in [0.15, 0.2) is 6.20 Å². The van der Waals surface area contributed by atoms with Crippen LogP contribution in [0, 0.1) is 0 Å². The molecule has 1 aromatic rings. The highest BCUT2D eigenvalue weighted by Crippen LogP contribution is 2.16. The van der Waals surface area contributed by atoms with Crippen molar-refractivity contribution in [1.29, 1.82) is 0 Å². The maximum absolute atomic E-state index is 9.42. The second-order valence-corrected chi connectivity index (χ2v) is 3.01. The molecule has 0 bridgehead atoms. The minimum Gasteiger partial charge on any atom is -0.384 e. The molecule has 5 heteroatoms. The first-order valence-electron chi connectivity index (χ1n) is 3.08. The average Bonchev–Trinajstić information content (AvgIpc) is 1.86. The number of aromatic nitrogens is 3. The van der Waals surface area contributed by atoms with Crippen molar-refractivity contribution in [3.8, 4) is 0 Å². The molecular weight excluding hydrogens is 166 g/mol. The minimum absolute atomic E-state index is 0.0459. The Hall–Kier alpha value is -0.740. The fourth-order valence-electron chi connectivity index (χ4n) is 0.577. The van der Waals surface area contributed by atoms with E-state index in [-0.39, 0.29) is 5.28 Å². The first kappa shape index (κ1) is 8.36. The summed E-state index contributed by atoms with van der Waals surface area (Å²) in [5.74, 6) is 0. The Bertz CT molecular complexity index is 258. The summed E-state index contributed by atoms with van der Waals surface area (Å²) in [5.41, 5.74) is -0.600. The normalized spacial score (nSPS) is 11.6. The Morgan fingerprint density at radius 1 is 1.55 bits per heavy atom. The van der Waals surface area contributed by atoms with Gasteiger partial charge in [0, 0.05) is 0 Å². The third-order valence-corrected chi connectivity index (χ3v) is 1.32. The fourth-order valence-corrected chi connectivity index (χ4v) is 0.711. The molecule has 0 amide bonds. The van der Waals surface area contributed by atoms with E-state index in [0.717, 1.165) is 0 Å². The topological polar surface area (TPSA) is 58.9 Å². The Morgan fingerprint density at radius 3 is 2.55 bits per heavy atom. The van der Waals surface area contributed by atoms with E-state index in [1.54, 1.807) is 13.8 Å². The van der Waals surface area contributed by atoms with Crippen LogP contribution in [0.25, 0.3) is 0 Å². The zero-order valence-electron chi connectivity index (χ0n) is 6.24. The van der Waals surface area contributed by atoms with Crippen molar-refractivity contribution in [3.63, 3.8) is 0 Å². The molecule has 0 saturated heterocycles. The third kappa shape index (κ3) is 2.10. The lowest BCUT2D eigenvalue weighted by Gasteiger charge is -2.14. The van der Waals surface area contributed by atoms with E-state index < -0.39 is 5.60 Å². The van der Waals surface area contributed by atoms with Crippen molar-refractivity contribution in [2.24, 2.45) is 0 Å². The molecule has 0 unspecified atom stereocenters. The summed E-state index contributed by atoms with van der Waals surface area (Å²) in [5, 5.41) is 16.5. The van der Waals surface area contributed by atoms with E-state index >= 15 is 0 Å². The maximum atomic E-state index is 9.42. The molecule has 0 atom stereocenters. The van der Waals surface area contributed by atoms with Crippen LogP contribution in [0.5, 0.6) is 0 Å². The summed E-state index contributed by atoms with van der Waals surface area (Å²) in [6.07, 6.45) is 1.38. The molecule has 1 N–H and O–H groups in total. The first-order valence-corrected chi connectivity index (χ1v) is 3.46. The molecule has 11 heavy (non-hydrogen) atoms. The summed E-state index contributed by atoms with van der Waals surface area (Å²) in [7, 11) is 0. The highest BCUT2D eigenvalue weighted by Gasteiger charge is 2.18. The van der Waals surface area contributed by atoms with Crippen molar-refractivity contribution in [2.45, 2.75) is 19.4 Å². The van der Waals surface area contributed by atoms with E-state index in [0.29, 0.717) is 5.69 Å². The smallest absolute Gasteiger partial charge is 0.243 e. The Morgan fingerprint density at radius 2 is 2.18 bits per heavy atom. The Labute approximate surface area is 69.3 Å². The van der Waals surface area contributed by atoms with Gasteiger partial charge in [0.25, 0.3) is 0 Å². The predicted octanol–water partition coefficient (Wildman–Crippen LogP) is 0.752. The van der Waals surface area contributed by atoms with Crippen LogP contribution in [0.1, 0.15) is 19.5 Å². The number of halogens is 1. The minimum atomic E-state index is -1.01. The van der Waals surface area contributed by atoms with E-state index in [1.165, 1.54) is 6.20 Å². The van der Waals surface area contributed by atoms with E-state index in [9.17, 15) is 5.11 Å². The summed E-state index contributed by atoms with van der Waals surface area (Å²) in [4.78, 5) is 3.79. The molecule has 0 aliphatic rings. The van der Waals surface area contributed by atoms with Crippen molar-refractivity contribution < 1.29 is 5.11 Å². The molecule has 0 aliphatic heterocycles. The number of aliphatic hydroxyl groups is 1. The highest BCUT2D eigenvalue weighted by molar-refractivity contribution is 6.28. The lowest BCUT2D eigenvalue weighted by Crippen LogP contribution is -2.18. The molecule has 1 rings (SSSR count). The van der Waals surface area contributed by atoms with E-state index in [2.05, 4.69) is 15.2 Å². The number of hydrogen-bond donors (Lipinski definition) is 1. The van der Waals surface area contributed by atoms with Crippen LogP contribution < -0.4 is 0 Å². The molecule has 1 aromatic heterocycles. The van der Waals surface area contributed by atoms with Gasteiger partial charge in [-0.25, -0.2) is 4.98 Å². The van der Waals surface area contributed by atoms with Crippen molar-refractivity contribution >= 4 is 11.6 Å². The monoisotopic (exact) mass is 173 g/mol. The summed E-state index contributed by atoms with van der Waals surface area (Å²) < 4.78 is 0. The van der Waals surface area contributed by atoms with Gasteiger partial charge in [-0.1, -0.05) is 0 Å². The lowest BCUT2D eigenvalue weighted by molar-refractivity contribution is 0.0731. The van der Waals surface area contributed by atoms with Crippen LogP contribution in [0.3, 0.4) is 0 Å². The molecule has 4 nitrogen and oxygen atoms in total. The van der Waals surface area contributed by atoms with Gasteiger partial charge in [-0.05, 0) is 25.4 Å². The average molecular weight is 174 g/mol. The van der Waals surface area contributed by atoms with Gasteiger partial charge in [-0.15, -0.1) is 5.10 Å². The molecule has 1 heterocycles. The molecule has 0 radical (unpaired) electrons. The van der Waals surface area contributed by atoms with Crippen LogP contribution in [0.4, 0.5) is 0 Å². The molecule has 0 spiro atoms. The quantitative estimate of drug-likeness (QED) is 0.681. The summed E-state index contributed by atoms with van der Waals surface area (Å²) >= 11 is 5.46. The van der Waals surface area contributed by atoms with Crippen LogP contribution in [0.2, 0.25) is 5.28 Å². The van der Waals surface area contributed by atoms with Gasteiger partial charge in [-0.3, -0.25) is 0 Å². The zero-order valence-corrected chi connectivity index (χ0v) is 7.00. The molecule has 0 fully saturated rings. The van der Waals surface area contributed by atoms with Crippen molar-refractivity contribution in [1.82, 2.24) is 15.2 Å². The van der Waals surface area contributed by atoms with Gasteiger partial charge < -0.3 is 5.11 Å². The molecule has 0 aromatic carbocycles. The fraction of sp³-hybridized carbons (Fsp3) is 0.500. The summed E-state index contributed by atoms with van der Waals surface area (Å²) in [6, 6.07) is 0. The standard InChI is InChI=1S/C6H8ClN3O/c1-6(2,11)4-3-8-10-5(7)9-4/h3,11H,1-2H3. The number of nitrogens with zero attached hydrogens (tertiary/aromatic N) is 3. The summed E-state index contributed by atoms with van der Waals surface area (Å²) in [6.45, 7) is 3.21. The van der Waals surface area contributed by atoms with Gasteiger partial charge in [-0.2, -0.15) is 5.10 Å². The number of rotatable bonds is 1. The Kier molecular flexibility index (Phi) is 2.06. The van der Waals surface area contributed by atoms with Crippen LogP contribution in [-0.4, -0.2) is 20.3 Å². The maximum Gasteiger partial charge on any atom is 0.243 e. The van der Waals surface area contributed by atoms with E-state index in [4.69, 9.17) is 11.6 Å². The molecular formula is C6H8ClN3O. The van der Waals surface area contributed by atoms with Gasteiger partial charge in [0.1, 0.15) is 5.60 Å². The SMILES string of the molecule is CC(C)(O)c1cnnc(Cl)n1. The van der Waals surface area contributed by atoms with Gasteiger partial charge in [0.15, 0.2) is 0 Å². The number of hydrogen-bond acceptors (Lipinski definition) is 4. The predicted molar refractivity (Wildman–Crippen MR) is 40.1 cm³/mol. The first-order chi connectivity index (χ1) is 5.00. The molecule has 0 saturated carbocycles. The molecule has 60 valence electrons.